The fourth-order valence-corrected chi connectivity index (χ4v) is 3.55. The molecule has 0 spiro atoms. The standard InChI is InChI=1S/C20H22FNO3/c1-2-25-18-8-4-3-6-16(18)19(14-9-11-15(21)12-10-14)22-13-5-7-17(22)20(23)24/h3-4,6,8-12,17,19H,2,5,7,13H2,1H3,(H,23,24). The van der Waals surface area contributed by atoms with E-state index in [-0.39, 0.29) is 11.9 Å². The molecule has 132 valence electrons. The SMILES string of the molecule is CCOc1ccccc1C(c1ccc(F)cc1)N1CCCC1C(=O)O. The van der Waals surface area contributed by atoms with Crippen LogP contribution >= 0.6 is 0 Å². The Labute approximate surface area is 146 Å². The van der Waals surface area contributed by atoms with Gasteiger partial charge in [-0.3, -0.25) is 9.69 Å². The van der Waals surface area contributed by atoms with Crippen LogP contribution in [0.4, 0.5) is 4.39 Å². The second kappa shape index (κ2) is 7.66. The molecular weight excluding hydrogens is 321 g/mol. The van der Waals surface area contributed by atoms with Crippen LogP contribution in [0.5, 0.6) is 5.75 Å². The summed E-state index contributed by atoms with van der Waals surface area (Å²) in [5.74, 6) is -0.398. The van der Waals surface area contributed by atoms with Gasteiger partial charge in [0.15, 0.2) is 0 Å². The molecule has 1 fully saturated rings. The van der Waals surface area contributed by atoms with Gasteiger partial charge in [0.1, 0.15) is 17.6 Å². The minimum atomic E-state index is -0.821. The van der Waals surface area contributed by atoms with Crippen molar-refractivity contribution in [3.05, 3.63) is 65.5 Å². The second-order valence-corrected chi connectivity index (χ2v) is 6.16. The average molecular weight is 343 g/mol. The normalized spacial score (nSPS) is 18.9. The number of ether oxygens (including phenoxy) is 1. The molecule has 2 aromatic carbocycles. The van der Waals surface area contributed by atoms with Gasteiger partial charge in [0, 0.05) is 12.1 Å². The van der Waals surface area contributed by atoms with Crippen molar-refractivity contribution in [1.29, 1.82) is 0 Å². The summed E-state index contributed by atoms with van der Waals surface area (Å²) in [7, 11) is 0. The summed E-state index contributed by atoms with van der Waals surface area (Å²) in [6.45, 7) is 3.12. The van der Waals surface area contributed by atoms with Gasteiger partial charge in [-0.05, 0) is 43.5 Å². The molecule has 2 aromatic rings. The average Bonchev–Trinajstić information content (AvgIpc) is 3.08. The Bertz CT molecular complexity index is 732. The molecule has 0 bridgehead atoms. The highest BCUT2D eigenvalue weighted by Gasteiger charge is 2.37. The predicted octanol–water partition coefficient (Wildman–Crippen LogP) is 3.86. The van der Waals surface area contributed by atoms with E-state index in [9.17, 15) is 14.3 Å². The largest absolute Gasteiger partial charge is 0.494 e. The van der Waals surface area contributed by atoms with Crippen LogP contribution in [0.1, 0.15) is 36.9 Å². The highest BCUT2D eigenvalue weighted by Crippen LogP contribution is 2.39. The van der Waals surface area contributed by atoms with Crippen molar-refractivity contribution in [2.75, 3.05) is 13.2 Å². The van der Waals surface area contributed by atoms with E-state index < -0.39 is 12.0 Å². The zero-order chi connectivity index (χ0) is 17.8. The monoisotopic (exact) mass is 343 g/mol. The van der Waals surface area contributed by atoms with E-state index in [1.165, 1.54) is 12.1 Å². The van der Waals surface area contributed by atoms with Gasteiger partial charge in [-0.15, -0.1) is 0 Å². The van der Waals surface area contributed by atoms with E-state index >= 15 is 0 Å². The zero-order valence-electron chi connectivity index (χ0n) is 14.2. The molecule has 1 heterocycles. The van der Waals surface area contributed by atoms with Gasteiger partial charge in [-0.25, -0.2) is 4.39 Å². The molecule has 2 unspecified atom stereocenters. The van der Waals surface area contributed by atoms with Gasteiger partial charge < -0.3 is 9.84 Å². The summed E-state index contributed by atoms with van der Waals surface area (Å²) in [6.07, 6.45) is 1.44. The minimum absolute atomic E-state index is 0.285. The number of benzene rings is 2. The Kier molecular flexibility index (Phi) is 5.34. The highest BCUT2D eigenvalue weighted by atomic mass is 19.1. The van der Waals surface area contributed by atoms with E-state index in [4.69, 9.17) is 4.74 Å². The number of carbonyl (C=O) groups is 1. The van der Waals surface area contributed by atoms with Crippen LogP contribution in [0.3, 0.4) is 0 Å². The van der Waals surface area contributed by atoms with Crippen molar-refractivity contribution < 1.29 is 19.0 Å². The first-order chi connectivity index (χ1) is 12.1. The summed E-state index contributed by atoms with van der Waals surface area (Å²) in [5.41, 5.74) is 1.77. The lowest BCUT2D eigenvalue weighted by molar-refractivity contribution is -0.142. The second-order valence-electron chi connectivity index (χ2n) is 6.16. The number of carboxylic acids is 1. The lowest BCUT2D eigenvalue weighted by Crippen LogP contribution is -2.39. The first-order valence-corrected chi connectivity index (χ1v) is 8.57. The number of rotatable bonds is 6. The fraction of sp³-hybridized carbons (Fsp3) is 0.350. The topological polar surface area (TPSA) is 49.8 Å². The molecule has 0 radical (unpaired) electrons. The number of hydrogen-bond donors (Lipinski definition) is 1. The predicted molar refractivity (Wildman–Crippen MR) is 93.2 cm³/mol. The Morgan fingerprint density at radius 3 is 2.68 bits per heavy atom. The van der Waals surface area contributed by atoms with Gasteiger partial charge in [-0.1, -0.05) is 30.3 Å². The molecule has 1 saturated heterocycles. The van der Waals surface area contributed by atoms with E-state index in [0.29, 0.717) is 19.6 Å². The Balaban J connectivity index is 2.09. The summed E-state index contributed by atoms with van der Waals surface area (Å²) in [4.78, 5) is 13.7. The number of likely N-dealkylation sites (tertiary alicyclic amines) is 1. The van der Waals surface area contributed by atoms with E-state index in [1.807, 2.05) is 36.1 Å². The molecule has 25 heavy (non-hydrogen) atoms. The van der Waals surface area contributed by atoms with Crippen molar-refractivity contribution in [2.45, 2.75) is 31.8 Å². The van der Waals surface area contributed by atoms with Crippen molar-refractivity contribution >= 4 is 5.97 Å². The Morgan fingerprint density at radius 2 is 2.00 bits per heavy atom. The zero-order valence-corrected chi connectivity index (χ0v) is 14.2. The maximum atomic E-state index is 13.4. The fourth-order valence-electron chi connectivity index (χ4n) is 3.55. The molecule has 5 heteroatoms. The quantitative estimate of drug-likeness (QED) is 0.865. The molecule has 4 nitrogen and oxygen atoms in total. The summed E-state index contributed by atoms with van der Waals surface area (Å²) >= 11 is 0. The van der Waals surface area contributed by atoms with Crippen LogP contribution in [0.2, 0.25) is 0 Å². The van der Waals surface area contributed by atoms with Gasteiger partial charge in [-0.2, -0.15) is 0 Å². The number of hydrogen-bond acceptors (Lipinski definition) is 3. The lowest BCUT2D eigenvalue weighted by Gasteiger charge is -2.33. The third kappa shape index (κ3) is 3.66. The first kappa shape index (κ1) is 17.4. The molecule has 0 aliphatic carbocycles. The maximum absolute atomic E-state index is 13.4. The van der Waals surface area contributed by atoms with Crippen molar-refractivity contribution in [3.8, 4) is 5.75 Å². The van der Waals surface area contributed by atoms with Gasteiger partial charge in [0.05, 0.1) is 12.6 Å². The number of halogens is 1. The number of nitrogens with zero attached hydrogens (tertiary/aromatic N) is 1. The number of para-hydroxylation sites is 1. The number of carboxylic acid groups (broad SMARTS) is 1. The molecular formula is C20H22FNO3. The maximum Gasteiger partial charge on any atom is 0.320 e. The molecule has 0 aromatic heterocycles. The smallest absolute Gasteiger partial charge is 0.320 e. The van der Waals surface area contributed by atoms with Crippen LogP contribution < -0.4 is 4.74 Å². The van der Waals surface area contributed by atoms with Crippen molar-refractivity contribution in [3.63, 3.8) is 0 Å². The van der Waals surface area contributed by atoms with Crippen LogP contribution in [-0.2, 0) is 4.79 Å². The molecule has 2 atom stereocenters. The van der Waals surface area contributed by atoms with E-state index in [0.717, 1.165) is 23.3 Å². The van der Waals surface area contributed by atoms with Gasteiger partial charge in [0.25, 0.3) is 0 Å². The summed E-state index contributed by atoms with van der Waals surface area (Å²) < 4.78 is 19.2. The van der Waals surface area contributed by atoms with E-state index in [1.54, 1.807) is 12.1 Å². The van der Waals surface area contributed by atoms with Crippen LogP contribution in [0.15, 0.2) is 48.5 Å². The highest BCUT2D eigenvalue weighted by molar-refractivity contribution is 5.74. The minimum Gasteiger partial charge on any atom is -0.494 e. The Hall–Kier alpha value is -2.40. The first-order valence-electron chi connectivity index (χ1n) is 8.57. The summed E-state index contributed by atoms with van der Waals surface area (Å²) in [5, 5.41) is 9.61. The molecule has 1 aliphatic rings. The van der Waals surface area contributed by atoms with Crippen LogP contribution in [-0.4, -0.2) is 35.2 Å². The van der Waals surface area contributed by atoms with Crippen molar-refractivity contribution in [1.82, 2.24) is 4.90 Å². The summed E-state index contributed by atoms with van der Waals surface area (Å²) in [6, 6.07) is 13.1. The van der Waals surface area contributed by atoms with Crippen LogP contribution in [0.25, 0.3) is 0 Å². The molecule has 0 saturated carbocycles. The molecule has 0 amide bonds. The van der Waals surface area contributed by atoms with E-state index in [2.05, 4.69) is 0 Å². The van der Waals surface area contributed by atoms with Crippen molar-refractivity contribution in [2.24, 2.45) is 0 Å². The molecule has 3 rings (SSSR count). The number of aliphatic carboxylic acids is 1. The molecule has 1 N–H and O–H groups in total. The molecule has 1 aliphatic heterocycles. The van der Waals surface area contributed by atoms with Crippen LogP contribution in [0, 0.1) is 5.82 Å². The van der Waals surface area contributed by atoms with Gasteiger partial charge >= 0.3 is 5.97 Å². The third-order valence-corrected chi connectivity index (χ3v) is 4.61. The van der Waals surface area contributed by atoms with Gasteiger partial charge in [0.2, 0.25) is 0 Å². The lowest BCUT2D eigenvalue weighted by atomic mass is 9.95. The Morgan fingerprint density at radius 1 is 1.28 bits per heavy atom. The third-order valence-electron chi connectivity index (χ3n) is 4.61.